The van der Waals surface area contributed by atoms with E-state index >= 15 is 0 Å². The molecule has 0 unspecified atom stereocenters. The summed E-state index contributed by atoms with van der Waals surface area (Å²) >= 11 is 10.8. The molecule has 0 saturated heterocycles. The van der Waals surface area contributed by atoms with Crippen LogP contribution in [-0.4, -0.2) is 20.7 Å². The molecule has 0 aliphatic heterocycles. The van der Waals surface area contributed by atoms with E-state index in [9.17, 15) is 9.59 Å². The molecule has 27 heavy (non-hydrogen) atoms. The van der Waals surface area contributed by atoms with Crippen LogP contribution in [0.4, 0.5) is 11.4 Å². The summed E-state index contributed by atoms with van der Waals surface area (Å²) in [7, 11) is 0. The van der Waals surface area contributed by atoms with E-state index in [4.69, 9.17) is 29.6 Å². The fourth-order valence-corrected chi connectivity index (χ4v) is 2.74. The highest BCUT2D eigenvalue weighted by Gasteiger charge is 2.16. The van der Waals surface area contributed by atoms with Crippen molar-refractivity contribution in [3.63, 3.8) is 0 Å². The quantitative estimate of drug-likeness (QED) is 0.394. The Labute approximate surface area is 164 Å². The van der Waals surface area contributed by atoms with Gasteiger partial charge in [-0.15, -0.1) is 10.2 Å². The third kappa shape index (κ3) is 3.86. The maximum Gasteiger partial charge on any atom is 0.301 e. The summed E-state index contributed by atoms with van der Waals surface area (Å²) in [4.78, 5) is 25.1. The first-order chi connectivity index (χ1) is 12.9. The van der Waals surface area contributed by atoms with Crippen molar-refractivity contribution in [3.8, 4) is 0 Å². The van der Waals surface area contributed by atoms with E-state index in [0.717, 1.165) is 4.68 Å². The number of carbonyl (C=O) groups is 1. The van der Waals surface area contributed by atoms with Gasteiger partial charge in [0.2, 0.25) is 0 Å². The highest BCUT2D eigenvalue weighted by Crippen LogP contribution is 2.27. The minimum absolute atomic E-state index is 0.0517. The molecule has 0 fully saturated rings. The van der Waals surface area contributed by atoms with E-state index in [1.54, 1.807) is 43.3 Å². The average Bonchev–Trinajstić information content (AvgIpc) is 2.95. The first-order valence-corrected chi connectivity index (χ1v) is 8.59. The molecule has 0 amide bonds. The minimum atomic E-state index is -0.520. The number of aromatic amines is 1. The van der Waals surface area contributed by atoms with E-state index in [-0.39, 0.29) is 27.8 Å². The van der Waals surface area contributed by atoms with E-state index in [0.29, 0.717) is 16.3 Å². The van der Waals surface area contributed by atoms with E-state index in [1.165, 1.54) is 6.07 Å². The molecule has 0 saturated carbocycles. The lowest BCUT2D eigenvalue weighted by molar-refractivity contribution is 0.103. The van der Waals surface area contributed by atoms with E-state index in [1.807, 2.05) is 6.07 Å². The highest BCUT2D eigenvalue weighted by molar-refractivity contribution is 7.80. The lowest BCUT2D eigenvalue weighted by Gasteiger charge is -2.05. The Balaban J connectivity index is 2.04. The van der Waals surface area contributed by atoms with Gasteiger partial charge in [0.1, 0.15) is 0 Å². The van der Waals surface area contributed by atoms with Crippen molar-refractivity contribution in [3.05, 3.63) is 80.7 Å². The number of ketones is 1. The number of hydrogen-bond donors (Lipinski definition) is 2. The van der Waals surface area contributed by atoms with Gasteiger partial charge in [0.25, 0.3) is 0 Å². The number of nitrogens with two attached hydrogens (primary N) is 1. The lowest BCUT2D eigenvalue weighted by Crippen LogP contribution is -2.29. The Hall–Kier alpha value is -3.10. The van der Waals surface area contributed by atoms with Gasteiger partial charge in [-0.3, -0.25) is 14.7 Å². The normalized spacial score (nSPS) is 11.0. The van der Waals surface area contributed by atoms with Crippen molar-refractivity contribution >= 4 is 46.1 Å². The predicted molar refractivity (Wildman–Crippen MR) is 107 cm³/mol. The summed E-state index contributed by atoms with van der Waals surface area (Å²) in [6, 6.07) is 13.4. The zero-order valence-corrected chi connectivity index (χ0v) is 15.7. The topological polar surface area (TPSA) is 106 Å². The van der Waals surface area contributed by atoms with Crippen LogP contribution < -0.4 is 11.3 Å². The number of rotatable bonds is 4. The third-order valence-electron chi connectivity index (χ3n) is 3.76. The molecule has 3 aromatic rings. The molecule has 136 valence electrons. The van der Waals surface area contributed by atoms with Crippen molar-refractivity contribution in [2.45, 2.75) is 6.92 Å². The van der Waals surface area contributed by atoms with E-state index < -0.39 is 5.56 Å². The summed E-state index contributed by atoms with van der Waals surface area (Å²) in [6.45, 7) is 1.64. The van der Waals surface area contributed by atoms with Crippen LogP contribution in [0.2, 0.25) is 5.02 Å². The van der Waals surface area contributed by atoms with Crippen LogP contribution in [0.3, 0.4) is 0 Å². The van der Waals surface area contributed by atoms with Gasteiger partial charge >= 0.3 is 5.56 Å². The Bertz CT molecular complexity index is 1120. The van der Waals surface area contributed by atoms with Gasteiger partial charge < -0.3 is 5.73 Å². The molecule has 0 spiro atoms. The molecule has 0 aliphatic rings. The van der Waals surface area contributed by atoms with Crippen LogP contribution in [0, 0.1) is 6.92 Å². The SMILES string of the molecule is Cc1[nH]n(C(N)=S)c(=O)c1N=Nc1ccc(Cl)cc1C(=O)c1ccccc1. The zero-order valence-electron chi connectivity index (χ0n) is 14.1. The maximum absolute atomic E-state index is 12.8. The number of nitrogens with one attached hydrogen (secondary N) is 1. The van der Waals surface area contributed by atoms with Gasteiger partial charge in [0.15, 0.2) is 16.6 Å². The first-order valence-electron chi connectivity index (χ1n) is 7.81. The van der Waals surface area contributed by atoms with Crippen LogP contribution in [0.15, 0.2) is 63.6 Å². The van der Waals surface area contributed by atoms with Crippen LogP contribution in [0.1, 0.15) is 21.6 Å². The maximum atomic E-state index is 12.8. The number of thiocarbonyl (C=S) groups is 1. The number of H-pyrrole nitrogens is 1. The molecular weight excluding hydrogens is 386 g/mol. The summed E-state index contributed by atoms with van der Waals surface area (Å²) in [5.41, 5.74) is 6.51. The molecule has 7 nitrogen and oxygen atoms in total. The third-order valence-corrected chi connectivity index (χ3v) is 4.18. The summed E-state index contributed by atoms with van der Waals surface area (Å²) in [5, 5.41) is 11.1. The molecule has 1 aromatic heterocycles. The molecule has 3 N–H and O–H groups in total. The van der Waals surface area contributed by atoms with Gasteiger partial charge in [-0.2, -0.15) is 4.68 Å². The monoisotopic (exact) mass is 399 g/mol. The second kappa shape index (κ2) is 7.65. The Kier molecular flexibility index (Phi) is 5.29. The number of halogens is 1. The minimum Gasteiger partial charge on any atom is -0.374 e. The second-order valence-electron chi connectivity index (χ2n) is 5.62. The molecule has 0 radical (unpaired) electrons. The average molecular weight is 400 g/mol. The molecular formula is C18H14ClN5O2S. The molecule has 9 heteroatoms. The lowest BCUT2D eigenvalue weighted by atomic mass is 10.0. The summed E-state index contributed by atoms with van der Waals surface area (Å²) in [6.07, 6.45) is 0. The summed E-state index contributed by atoms with van der Waals surface area (Å²) < 4.78 is 0.997. The number of benzene rings is 2. The summed E-state index contributed by atoms with van der Waals surface area (Å²) in [5.74, 6) is -0.251. The number of carbonyl (C=O) groups excluding carboxylic acids is 1. The number of azo groups is 1. The molecule has 0 atom stereocenters. The Morgan fingerprint density at radius 3 is 2.52 bits per heavy atom. The van der Waals surface area contributed by atoms with E-state index in [2.05, 4.69) is 15.3 Å². The van der Waals surface area contributed by atoms with Crippen LogP contribution in [0.25, 0.3) is 0 Å². The molecule has 3 rings (SSSR count). The van der Waals surface area contributed by atoms with Gasteiger partial charge in [-0.25, -0.2) is 0 Å². The molecule has 0 aliphatic carbocycles. The smallest absolute Gasteiger partial charge is 0.301 e. The standard InChI is InChI=1S/C18H14ClN5O2S/c1-10-15(17(26)24(23-10)18(20)27)22-21-14-8-7-12(19)9-13(14)16(25)11-5-3-2-4-6-11/h2-9,23H,1H3,(H2,20,27). The fraction of sp³-hybridized carbons (Fsp3) is 0.0556. The number of aryl methyl sites for hydroxylation is 1. The van der Waals surface area contributed by atoms with Crippen molar-refractivity contribution in [2.75, 3.05) is 0 Å². The number of nitrogens with zero attached hydrogens (tertiary/aromatic N) is 3. The van der Waals surface area contributed by atoms with Crippen molar-refractivity contribution in [1.29, 1.82) is 0 Å². The number of aromatic nitrogens is 2. The molecule has 2 aromatic carbocycles. The van der Waals surface area contributed by atoms with Crippen LogP contribution >= 0.6 is 23.8 Å². The van der Waals surface area contributed by atoms with Crippen molar-refractivity contribution < 1.29 is 4.79 Å². The molecule has 1 heterocycles. The predicted octanol–water partition coefficient (Wildman–Crippen LogP) is 3.88. The van der Waals surface area contributed by atoms with Crippen molar-refractivity contribution in [1.82, 2.24) is 9.78 Å². The fourth-order valence-electron chi connectivity index (χ4n) is 2.44. The zero-order chi connectivity index (χ0) is 19.6. The van der Waals surface area contributed by atoms with Gasteiger partial charge in [0.05, 0.1) is 16.9 Å². The van der Waals surface area contributed by atoms with Gasteiger partial charge in [-0.05, 0) is 37.3 Å². The van der Waals surface area contributed by atoms with Gasteiger partial charge in [0, 0.05) is 10.6 Å². The van der Waals surface area contributed by atoms with Crippen molar-refractivity contribution in [2.24, 2.45) is 16.0 Å². The first kappa shape index (κ1) is 18.7. The Morgan fingerprint density at radius 2 is 1.89 bits per heavy atom. The largest absolute Gasteiger partial charge is 0.374 e. The van der Waals surface area contributed by atoms with Gasteiger partial charge in [-0.1, -0.05) is 41.9 Å². The number of hydrogen-bond acceptors (Lipinski definition) is 5. The highest BCUT2D eigenvalue weighted by atomic mass is 35.5. The Morgan fingerprint density at radius 1 is 1.19 bits per heavy atom. The van der Waals surface area contributed by atoms with Crippen LogP contribution in [-0.2, 0) is 0 Å². The second-order valence-corrected chi connectivity index (χ2v) is 6.48. The van der Waals surface area contributed by atoms with Crippen LogP contribution in [0.5, 0.6) is 0 Å². The molecule has 0 bridgehead atoms.